The molecule has 0 unspecified atom stereocenters. The van der Waals surface area contributed by atoms with E-state index in [1.807, 2.05) is 48.5 Å². The van der Waals surface area contributed by atoms with Crippen molar-refractivity contribution in [2.75, 3.05) is 11.4 Å². The molecule has 0 saturated carbocycles. The zero-order valence-electron chi connectivity index (χ0n) is 19.2. The summed E-state index contributed by atoms with van der Waals surface area (Å²) in [6, 6.07) is 26.5. The first-order valence-corrected chi connectivity index (χ1v) is 12.7. The molecule has 180 valence electrons. The van der Waals surface area contributed by atoms with Gasteiger partial charge in [-0.2, -0.15) is 0 Å². The first kappa shape index (κ1) is 24.1. The Bertz CT molecular complexity index is 1420. The van der Waals surface area contributed by atoms with Gasteiger partial charge in [0.1, 0.15) is 5.82 Å². The van der Waals surface area contributed by atoms with Gasteiger partial charge < -0.3 is 10.2 Å². The number of amides is 2. The van der Waals surface area contributed by atoms with Crippen LogP contribution >= 0.6 is 23.4 Å². The minimum absolute atomic E-state index is 0.165. The zero-order chi connectivity index (χ0) is 25.1. The smallest absolute Gasteiger partial charge is 0.259 e. The van der Waals surface area contributed by atoms with Gasteiger partial charge in [-0.15, -0.1) is 0 Å². The summed E-state index contributed by atoms with van der Waals surface area (Å²) in [5.74, 6) is -0.714. The largest absolute Gasteiger partial charge is 0.352 e. The molecule has 36 heavy (non-hydrogen) atoms. The summed E-state index contributed by atoms with van der Waals surface area (Å²) < 4.78 is 13.5. The van der Waals surface area contributed by atoms with Crippen LogP contribution in [0.2, 0.25) is 5.02 Å². The minimum atomic E-state index is -0.334. The van der Waals surface area contributed by atoms with Crippen molar-refractivity contribution in [2.45, 2.75) is 22.8 Å². The average Bonchev–Trinajstić information content (AvgIpc) is 3.00. The molecule has 0 radical (unpaired) electrons. The Morgan fingerprint density at radius 3 is 2.39 bits per heavy atom. The Balaban J connectivity index is 1.42. The van der Waals surface area contributed by atoms with E-state index in [1.54, 1.807) is 35.2 Å². The summed E-state index contributed by atoms with van der Waals surface area (Å²) in [4.78, 5) is 30.0. The van der Waals surface area contributed by atoms with E-state index in [0.29, 0.717) is 34.8 Å². The molecule has 7 heteroatoms. The highest BCUT2D eigenvalue weighted by molar-refractivity contribution is 7.99. The Morgan fingerprint density at radius 2 is 1.61 bits per heavy atom. The van der Waals surface area contributed by atoms with E-state index in [-0.39, 0.29) is 24.2 Å². The highest BCUT2D eigenvalue weighted by Gasteiger charge is 2.28. The van der Waals surface area contributed by atoms with E-state index >= 15 is 0 Å². The summed E-state index contributed by atoms with van der Waals surface area (Å²) in [5.41, 5.74) is 3.57. The highest BCUT2D eigenvalue weighted by Crippen LogP contribution is 2.42. The van der Waals surface area contributed by atoms with Crippen LogP contribution in [0.3, 0.4) is 0 Å². The van der Waals surface area contributed by atoms with Crippen LogP contribution in [0.25, 0.3) is 0 Å². The van der Waals surface area contributed by atoms with E-state index in [9.17, 15) is 14.0 Å². The number of benzene rings is 4. The van der Waals surface area contributed by atoms with Crippen LogP contribution in [-0.4, -0.2) is 18.4 Å². The third kappa shape index (κ3) is 5.30. The van der Waals surface area contributed by atoms with E-state index in [1.165, 1.54) is 23.9 Å². The fraction of sp³-hybridized carbons (Fsp3) is 0.103. The summed E-state index contributed by atoms with van der Waals surface area (Å²) in [6.07, 6.45) is 0.675. The summed E-state index contributed by atoms with van der Waals surface area (Å²) in [5, 5.41) is 3.63. The van der Waals surface area contributed by atoms with Crippen LogP contribution in [0.1, 0.15) is 31.8 Å². The molecule has 0 spiro atoms. The number of carbonyl (C=O) groups excluding carboxylic acids is 2. The molecule has 0 atom stereocenters. The lowest BCUT2D eigenvalue weighted by atomic mass is 10.1. The fourth-order valence-corrected chi connectivity index (χ4v) is 5.25. The minimum Gasteiger partial charge on any atom is -0.352 e. The molecular weight excluding hydrogens is 495 g/mol. The predicted octanol–water partition coefficient (Wildman–Crippen LogP) is 6.76. The normalized spacial score (nSPS) is 12.5. The van der Waals surface area contributed by atoms with Crippen molar-refractivity contribution < 1.29 is 14.0 Å². The molecule has 0 aliphatic carbocycles. The van der Waals surface area contributed by atoms with Gasteiger partial charge in [0.05, 0.1) is 17.8 Å². The number of carbonyl (C=O) groups is 2. The number of anilines is 1. The van der Waals surface area contributed by atoms with Gasteiger partial charge in [-0.25, -0.2) is 4.39 Å². The Morgan fingerprint density at radius 1 is 0.889 bits per heavy atom. The summed E-state index contributed by atoms with van der Waals surface area (Å²) in [6.45, 7) is 0.721. The Labute approximate surface area is 218 Å². The van der Waals surface area contributed by atoms with Gasteiger partial charge in [0.15, 0.2) is 0 Å². The Hall–Kier alpha value is -3.61. The number of rotatable bonds is 6. The molecule has 0 fully saturated rings. The van der Waals surface area contributed by atoms with Crippen LogP contribution < -0.4 is 10.2 Å². The fourth-order valence-electron chi connectivity index (χ4n) is 4.06. The van der Waals surface area contributed by atoms with Gasteiger partial charge in [-0.05, 0) is 72.1 Å². The van der Waals surface area contributed by atoms with Gasteiger partial charge in [0, 0.05) is 26.9 Å². The lowest BCUT2D eigenvalue weighted by Gasteiger charge is -2.24. The lowest BCUT2D eigenvalue weighted by molar-refractivity contribution is 0.0950. The maximum atomic E-state index is 13.6. The first-order valence-electron chi connectivity index (χ1n) is 11.5. The second-order valence-electron chi connectivity index (χ2n) is 8.43. The quantitative estimate of drug-likeness (QED) is 0.308. The topological polar surface area (TPSA) is 49.4 Å². The van der Waals surface area contributed by atoms with Crippen LogP contribution in [0, 0.1) is 5.82 Å². The maximum Gasteiger partial charge on any atom is 0.259 e. The van der Waals surface area contributed by atoms with Crippen LogP contribution in [0.5, 0.6) is 0 Å². The highest BCUT2D eigenvalue weighted by atomic mass is 35.5. The standard InChI is InChI=1S/C29H22ClFN2O2S/c30-22-10-5-19(6-11-22)15-16-32-28(34)21-9-14-27-25(17-21)33(18-20-7-12-23(31)13-8-20)29(35)24-3-1-2-4-26(24)36-27/h1-14,17H,15-16,18H2,(H,32,34). The number of halogens is 2. The van der Waals surface area contributed by atoms with E-state index in [2.05, 4.69) is 5.32 Å². The molecule has 5 rings (SSSR count). The monoisotopic (exact) mass is 516 g/mol. The van der Waals surface area contributed by atoms with Crippen LogP contribution in [-0.2, 0) is 13.0 Å². The summed E-state index contributed by atoms with van der Waals surface area (Å²) in [7, 11) is 0. The van der Waals surface area contributed by atoms with Gasteiger partial charge >= 0.3 is 0 Å². The van der Waals surface area contributed by atoms with E-state index in [0.717, 1.165) is 20.9 Å². The van der Waals surface area contributed by atoms with Gasteiger partial charge in [-0.1, -0.05) is 59.8 Å². The zero-order valence-corrected chi connectivity index (χ0v) is 20.8. The lowest BCUT2D eigenvalue weighted by Crippen LogP contribution is -2.31. The molecule has 0 saturated heterocycles. The van der Waals surface area contributed by atoms with Crippen molar-refractivity contribution in [3.05, 3.63) is 124 Å². The molecule has 1 N–H and O–H groups in total. The number of nitrogens with one attached hydrogen (secondary N) is 1. The van der Waals surface area contributed by atoms with Gasteiger partial charge in [-0.3, -0.25) is 9.59 Å². The Kier molecular flexibility index (Phi) is 7.07. The van der Waals surface area contributed by atoms with Crippen molar-refractivity contribution >= 4 is 40.9 Å². The molecule has 1 heterocycles. The predicted molar refractivity (Wildman–Crippen MR) is 141 cm³/mol. The van der Waals surface area contributed by atoms with Crippen molar-refractivity contribution in [1.29, 1.82) is 0 Å². The first-order chi connectivity index (χ1) is 17.5. The number of hydrogen-bond acceptors (Lipinski definition) is 3. The molecule has 4 nitrogen and oxygen atoms in total. The third-order valence-corrected chi connectivity index (χ3v) is 7.35. The van der Waals surface area contributed by atoms with E-state index in [4.69, 9.17) is 11.6 Å². The molecule has 4 aromatic rings. The van der Waals surface area contributed by atoms with Gasteiger partial charge in [0.25, 0.3) is 11.8 Å². The van der Waals surface area contributed by atoms with Crippen molar-refractivity contribution in [3.8, 4) is 0 Å². The molecule has 1 aliphatic rings. The van der Waals surface area contributed by atoms with Gasteiger partial charge in [0.2, 0.25) is 0 Å². The molecule has 0 aromatic heterocycles. The number of fused-ring (bicyclic) bond motifs is 2. The molecular formula is C29H22ClFN2O2S. The van der Waals surface area contributed by atoms with Crippen molar-refractivity contribution in [1.82, 2.24) is 5.32 Å². The van der Waals surface area contributed by atoms with Crippen LogP contribution in [0.15, 0.2) is 101 Å². The second kappa shape index (κ2) is 10.6. The van der Waals surface area contributed by atoms with Crippen molar-refractivity contribution in [3.63, 3.8) is 0 Å². The number of hydrogen-bond donors (Lipinski definition) is 1. The molecule has 4 aromatic carbocycles. The summed E-state index contributed by atoms with van der Waals surface area (Å²) >= 11 is 7.43. The van der Waals surface area contributed by atoms with Crippen molar-refractivity contribution in [2.24, 2.45) is 0 Å². The molecule has 0 bridgehead atoms. The SMILES string of the molecule is O=C(NCCc1ccc(Cl)cc1)c1ccc2c(c1)N(Cc1ccc(F)cc1)C(=O)c1ccccc1S2. The van der Waals surface area contributed by atoms with Crippen LogP contribution in [0.4, 0.5) is 10.1 Å². The molecule has 1 aliphatic heterocycles. The second-order valence-corrected chi connectivity index (χ2v) is 9.95. The average molecular weight is 517 g/mol. The molecule has 2 amide bonds. The van der Waals surface area contributed by atoms with E-state index < -0.39 is 0 Å². The number of nitrogens with zero attached hydrogens (tertiary/aromatic N) is 1. The third-order valence-electron chi connectivity index (χ3n) is 5.96. The maximum absolute atomic E-state index is 13.6.